The number of anilines is 1. The van der Waals surface area contributed by atoms with Crippen LogP contribution in [0.1, 0.15) is 12.1 Å². The van der Waals surface area contributed by atoms with Gasteiger partial charge < -0.3 is 10.6 Å². The Labute approximate surface area is 126 Å². The minimum atomic E-state index is -4.17. The Morgan fingerprint density at radius 2 is 2.27 bits per heavy atom. The normalized spacial score (nSPS) is 19.2. The zero-order chi connectivity index (χ0) is 16.2. The average molecular weight is 316 g/mol. The number of carbonyl (C=O) groups excluding carboxylic acids is 1. The molecule has 0 bridgehead atoms. The van der Waals surface area contributed by atoms with Crippen molar-refractivity contribution in [2.45, 2.75) is 19.5 Å². The Morgan fingerprint density at radius 3 is 2.95 bits per heavy atom. The van der Waals surface area contributed by atoms with Crippen LogP contribution in [0, 0.1) is 12.8 Å². The smallest absolute Gasteiger partial charge is 0.338 e. The first kappa shape index (κ1) is 16.5. The van der Waals surface area contributed by atoms with Gasteiger partial charge in [-0.15, -0.1) is 0 Å². The molecule has 2 heterocycles. The van der Waals surface area contributed by atoms with Crippen LogP contribution in [0.5, 0.6) is 0 Å². The largest absolute Gasteiger partial charge is 0.401 e. The van der Waals surface area contributed by atoms with Gasteiger partial charge in [-0.3, -0.25) is 9.88 Å². The summed E-state index contributed by atoms with van der Waals surface area (Å²) in [4.78, 5) is 17.2. The molecule has 2 rings (SSSR count). The number of halogens is 3. The maximum atomic E-state index is 12.3. The first-order valence-electron chi connectivity index (χ1n) is 7.08. The fraction of sp³-hybridized carbons (Fsp3) is 0.571. The molecule has 1 aliphatic rings. The van der Waals surface area contributed by atoms with Crippen LogP contribution in [0.15, 0.2) is 18.3 Å². The van der Waals surface area contributed by atoms with Gasteiger partial charge >= 0.3 is 12.2 Å². The number of likely N-dealkylation sites (tertiary alicyclic amines) is 1. The second kappa shape index (κ2) is 6.95. The summed E-state index contributed by atoms with van der Waals surface area (Å²) in [5, 5.41) is 5.37. The fourth-order valence-electron chi connectivity index (χ4n) is 2.51. The van der Waals surface area contributed by atoms with E-state index < -0.39 is 12.7 Å². The molecule has 1 aromatic heterocycles. The highest BCUT2D eigenvalue weighted by atomic mass is 19.4. The van der Waals surface area contributed by atoms with Crippen LogP contribution < -0.4 is 10.6 Å². The molecule has 1 aromatic rings. The zero-order valence-corrected chi connectivity index (χ0v) is 12.3. The first-order valence-corrected chi connectivity index (χ1v) is 7.08. The van der Waals surface area contributed by atoms with Gasteiger partial charge in [0.05, 0.1) is 6.54 Å². The number of pyridine rings is 1. The van der Waals surface area contributed by atoms with Crippen molar-refractivity contribution in [2.75, 3.05) is 31.5 Å². The number of nitrogens with zero attached hydrogens (tertiary/aromatic N) is 2. The van der Waals surface area contributed by atoms with Crippen molar-refractivity contribution in [1.82, 2.24) is 15.2 Å². The van der Waals surface area contributed by atoms with E-state index in [0.717, 1.165) is 5.69 Å². The van der Waals surface area contributed by atoms with E-state index in [1.165, 1.54) is 4.90 Å². The quantitative estimate of drug-likeness (QED) is 0.897. The predicted octanol–water partition coefficient (Wildman–Crippen LogP) is 2.40. The van der Waals surface area contributed by atoms with Crippen molar-refractivity contribution in [1.29, 1.82) is 0 Å². The van der Waals surface area contributed by atoms with E-state index in [1.807, 2.05) is 6.92 Å². The molecule has 122 valence electrons. The molecule has 1 unspecified atom stereocenters. The van der Waals surface area contributed by atoms with Crippen LogP contribution in [0.2, 0.25) is 0 Å². The number of carbonyl (C=O) groups is 1. The van der Waals surface area contributed by atoms with E-state index in [9.17, 15) is 18.0 Å². The van der Waals surface area contributed by atoms with Gasteiger partial charge in [0.1, 0.15) is 0 Å². The molecule has 2 N–H and O–H groups in total. The molecule has 1 aliphatic heterocycles. The number of aromatic nitrogens is 1. The van der Waals surface area contributed by atoms with Crippen LogP contribution in [0.3, 0.4) is 0 Å². The summed E-state index contributed by atoms with van der Waals surface area (Å²) in [5.74, 6) is 0.0484. The van der Waals surface area contributed by atoms with Crippen molar-refractivity contribution in [3.63, 3.8) is 0 Å². The van der Waals surface area contributed by atoms with Gasteiger partial charge in [0.25, 0.3) is 0 Å². The average Bonchev–Trinajstić information content (AvgIpc) is 2.82. The third-order valence-corrected chi connectivity index (χ3v) is 3.48. The standard InChI is InChI=1S/C14H19F3N4O/c1-10-6-12(2-4-18-10)20-13(22)19-7-11-3-5-21(8-11)9-14(15,16)17/h2,4,6,11H,3,5,7-9H2,1H3,(H2,18,19,20,22). The van der Waals surface area contributed by atoms with Gasteiger partial charge in [-0.1, -0.05) is 0 Å². The van der Waals surface area contributed by atoms with Crippen LogP contribution in [0.25, 0.3) is 0 Å². The van der Waals surface area contributed by atoms with Crippen LogP contribution in [-0.2, 0) is 0 Å². The summed E-state index contributed by atoms with van der Waals surface area (Å²) in [6.45, 7) is 2.07. The van der Waals surface area contributed by atoms with Crippen molar-refractivity contribution in [3.05, 3.63) is 24.0 Å². The molecule has 1 fully saturated rings. The van der Waals surface area contributed by atoms with Crippen LogP contribution in [0.4, 0.5) is 23.7 Å². The Hall–Kier alpha value is -1.83. The summed E-state index contributed by atoms with van der Waals surface area (Å²) in [7, 11) is 0. The molecular weight excluding hydrogens is 297 g/mol. The Morgan fingerprint density at radius 1 is 1.50 bits per heavy atom. The van der Waals surface area contributed by atoms with Gasteiger partial charge in [0.15, 0.2) is 0 Å². The maximum absolute atomic E-state index is 12.3. The van der Waals surface area contributed by atoms with Crippen molar-refractivity contribution < 1.29 is 18.0 Å². The molecule has 8 heteroatoms. The molecule has 1 atom stereocenters. The van der Waals surface area contributed by atoms with Gasteiger partial charge in [0, 0.05) is 30.7 Å². The fourth-order valence-corrected chi connectivity index (χ4v) is 2.51. The van der Waals surface area contributed by atoms with Gasteiger partial charge in [0.2, 0.25) is 0 Å². The monoisotopic (exact) mass is 316 g/mol. The lowest BCUT2D eigenvalue weighted by Gasteiger charge is -2.18. The highest BCUT2D eigenvalue weighted by Crippen LogP contribution is 2.22. The highest BCUT2D eigenvalue weighted by molar-refractivity contribution is 5.89. The molecule has 0 saturated carbocycles. The van der Waals surface area contributed by atoms with E-state index in [0.29, 0.717) is 31.7 Å². The third-order valence-electron chi connectivity index (χ3n) is 3.48. The number of aryl methyl sites for hydroxylation is 1. The lowest BCUT2D eigenvalue weighted by Crippen LogP contribution is -2.36. The van der Waals surface area contributed by atoms with E-state index in [2.05, 4.69) is 15.6 Å². The maximum Gasteiger partial charge on any atom is 0.401 e. The molecule has 0 spiro atoms. The molecule has 1 saturated heterocycles. The Balaban J connectivity index is 1.71. The summed E-state index contributed by atoms with van der Waals surface area (Å²) in [6, 6.07) is 3.05. The number of amides is 2. The Bertz CT molecular complexity index is 521. The number of rotatable bonds is 4. The molecule has 0 aliphatic carbocycles. The first-order chi connectivity index (χ1) is 10.3. The topological polar surface area (TPSA) is 57.3 Å². The van der Waals surface area contributed by atoms with Gasteiger partial charge in [-0.2, -0.15) is 13.2 Å². The van der Waals surface area contributed by atoms with E-state index in [1.54, 1.807) is 18.3 Å². The van der Waals surface area contributed by atoms with Crippen molar-refractivity contribution in [3.8, 4) is 0 Å². The highest BCUT2D eigenvalue weighted by Gasteiger charge is 2.34. The molecule has 22 heavy (non-hydrogen) atoms. The van der Waals surface area contributed by atoms with Gasteiger partial charge in [-0.05, 0) is 37.9 Å². The molecule has 0 radical (unpaired) electrons. The summed E-state index contributed by atoms with van der Waals surface area (Å²) in [5.41, 5.74) is 1.42. The lowest BCUT2D eigenvalue weighted by atomic mass is 10.1. The molecule has 5 nitrogen and oxygen atoms in total. The van der Waals surface area contributed by atoms with Crippen LogP contribution >= 0.6 is 0 Å². The third kappa shape index (κ3) is 5.51. The van der Waals surface area contributed by atoms with Crippen molar-refractivity contribution in [2.24, 2.45) is 5.92 Å². The Kier molecular flexibility index (Phi) is 5.23. The van der Waals surface area contributed by atoms with E-state index in [-0.39, 0.29) is 11.9 Å². The SMILES string of the molecule is Cc1cc(NC(=O)NCC2CCN(CC(F)(F)F)C2)ccn1. The number of nitrogens with one attached hydrogen (secondary N) is 2. The lowest BCUT2D eigenvalue weighted by molar-refractivity contribution is -0.143. The second-order valence-corrected chi connectivity index (χ2v) is 5.53. The molecule has 0 aromatic carbocycles. The number of hydrogen-bond donors (Lipinski definition) is 2. The van der Waals surface area contributed by atoms with Crippen LogP contribution in [-0.4, -0.2) is 48.3 Å². The zero-order valence-electron chi connectivity index (χ0n) is 12.3. The number of urea groups is 1. The minimum absolute atomic E-state index is 0.0484. The summed E-state index contributed by atoms with van der Waals surface area (Å²) >= 11 is 0. The second-order valence-electron chi connectivity index (χ2n) is 5.53. The number of hydrogen-bond acceptors (Lipinski definition) is 3. The van der Waals surface area contributed by atoms with Crippen molar-refractivity contribution >= 4 is 11.7 Å². The minimum Gasteiger partial charge on any atom is -0.338 e. The number of alkyl halides is 3. The molecular formula is C14H19F3N4O. The summed E-state index contributed by atoms with van der Waals surface area (Å²) < 4.78 is 36.9. The van der Waals surface area contributed by atoms with Gasteiger partial charge in [-0.25, -0.2) is 4.79 Å². The van der Waals surface area contributed by atoms with E-state index >= 15 is 0 Å². The summed E-state index contributed by atoms with van der Waals surface area (Å²) in [6.07, 6.45) is -1.92. The molecule has 2 amide bonds. The van der Waals surface area contributed by atoms with E-state index in [4.69, 9.17) is 0 Å². The predicted molar refractivity (Wildman–Crippen MR) is 76.6 cm³/mol.